The summed E-state index contributed by atoms with van der Waals surface area (Å²) in [5, 5.41) is 12.0. The Bertz CT molecular complexity index is 616. The lowest BCUT2D eigenvalue weighted by atomic mass is 9.86. The highest BCUT2D eigenvalue weighted by Gasteiger charge is 2.21. The topological polar surface area (TPSA) is 84.2 Å². The molecule has 1 aromatic rings. The largest absolute Gasteiger partial charge is 0.359 e. The van der Waals surface area contributed by atoms with E-state index in [1.807, 2.05) is 0 Å². The zero-order valence-corrected chi connectivity index (χ0v) is 13.6. The predicted octanol–water partition coefficient (Wildman–Crippen LogP) is 2.20. The van der Waals surface area contributed by atoms with Gasteiger partial charge in [0.15, 0.2) is 5.11 Å². The van der Waals surface area contributed by atoms with Gasteiger partial charge in [-0.15, -0.1) is 0 Å². The molecule has 7 heteroatoms. The van der Waals surface area contributed by atoms with E-state index in [1.165, 1.54) is 31.4 Å². The molecule has 0 aromatic heterocycles. The van der Waals surface area contributed by atoms with Crippen molar-refractivity contribution in [2.24, 2.45) is 11.1 Å². The second-order valence-electron chi connectivity index (χ2n) is 5.54. The van der Waals surface area contributed by atoms with Gasteiger partial charge in [0.2, 0.25) is 10.0 Å². The molecule has 1 fully saturated rings. The van der Waals surface area contributed by atoms with Crippen LogP contribution in [0.3, 0.4) is 0 Å². The number of nitrogens with two attached hydrogens (primary N) is 1. The van der Waals surface area contributed by atoms with Crippen molar-refractivity contribution < 1.29 is 8.42 Å². The number of anilines is 1. The fourth-order valence-electron chi connectivity index (χ4n) is 2.62. The lowest BCUT2D eigenvalue weighted by Gasteiger charge is -2.30. The van der Waals surface area contributed by atoms with E-state index in [4.69, 9.17) is 17.4 Å². The first kappa shape index (κ1) is 16.2. The molecule has 0 spiro atoms. The van der Waals surface area contributed by atoms with Crippen LogP contribution in [-0.4, -0.2) is 19.6 Å². The molecule has 1 aliphatic carbocycles. The Morgan fingerprint density at radius 3 is 2.71 bits per heavy atom. The Morgan fingerprint density at radius 2 is 2.05 bits per heavy atom. The molecule has 0 saturated heterocycles. The van der Waals surface area contributed by atoms with Gasteiger partial charge in [0, 0.05) is 11.7 Å². The van der Waals surface area contributed by atoms with Crippen LogP contribution < -0.4 is 15.8 Å². The highest BCUT2D eigenvalue weighted by atomic mass is 32.2. The van der Waals surface area contributed by atoms with E-state index in [9.17, 15) is 8.42 Å². The van der Waals surface area contributed by atoms with Gasteiger partial charge in [-0.05, 0) is 49.2 Å². The minimum absolute atomic E-state index is 0.0707. The predicted molar refractivity (Wildman–Crippen MR) is 88.6 cm³/mol. The van der Waals surface area contributed by atoms with Gasteiger partial charge in [-0.25, -0.2) is 13.6 Å². The first-order chi connectivity index (χ1) is 9.86. The summed E-state index contributed by atoms with van der Waals surface area (Å²) in [6.45, 7) is 2.22. The van der Waals surface area contributed by atoms with Crippen LogP contribution in [0.15, 0.2) is 29.2 Å². The van der Waals surface area contributed by atoms with Gasteiger partial charge in [-0.2, -0.15) is 0 Å². The van der Waals surface area contributed by atoms with Gasteiger partial charge in [-0.3, -0.25) is 0 Å². The number of benzene rings is 1. The highest BCUT2D eigenvalue weighted by molar-refractivity contribution is 7.89. The summed E-state index contributed by atoms with van der Waals surface area (Å²) in [6, 6.07) is 6.70. The van der Waals surface area contributed by atoms with Crippen LogP contribution in [0.4, 0.5) is 5.69 Å². The second kappa shape index (κ2) is 6.72. The van der Waals surface area contributed by atoms with Crippen LogP contribution in [0.25, 0.3) is 0 Å². The van der Waals surface area contributed by atoms with Gasteiger partial charge in [0.25, 0.3) is 0 Å². The molecule has 21 heavy (non-hydrogen) atoms. The molecule has 116 valence electrons. The minimum atomic E-state index is -3.70. The molecule has 4 N–H and O–H groups in total. The maximum absolute atomic E-state index is 11.3. The summed E-state index contributed by atoms with van der Waals surface area (Å²) < 4.78 is 22.7. The van der Waals surface area contributed by atoms with E-state index >= 15 is 0 Å². The van der Waals surface area contributed by atoms with Crippen molar-refractivity contribution in [3.05, 3.63) is 24.3 Å². The number of primary sulfonamides is 1. The van der Waals surface area contributed by atoms with Crippen molar-refractivity contribution >= 4 is 33.0 Å². The number of hydrogen-bond donors (Lipinski definition) is 3. The number of rotatable bonds is 3. The molecule has 1 saturated carbocycles. The molecule has 0 radical (unpaired) electrons. The molecule has 1 aliphatic rings. The van der Waals surface area contributed by atoms with Crippen LogP contribution in [0, 0.1) is 5.92 Å². The molecule has 5 nitrogen and oxygen atoms in total. The highest BCUT2D eigenvalue weighted by Crippen LogP contribution is 2.24. The van der Waals surface area contributed by atoms with Gasteiger partial charge in [0.05, 0.1) is 4.90 Å². The van der Waals surface area contributed by atoms with Crippen molar-refractivity contribution in [1.82, 2.24) is 5.32 Å². The lowest BCUT2D eigenvalue weighted by molar-refractivity contribution is 0.309. The molecular weight excluding hydrogens is 306 g/mol. The first-order valence-corrected chi connectivity index (χ1v) is 9.02. The lowest BCUT2D eigenvalue weighted by Crippen LogP contribution is -2.43. The van der Waals surface area contributed by atoms with E-state index in [-0.39, 0.29) is 4.90 Å². The molecular formula is C14H21N3O2S2. The molecule has 0 amide bonds. The Morgan fingerprint density at radius 1 is 1.33 bits per heavy atom. The molecule has 0 aliphatic heterocycles. The fourth-order valence-corrected chi connectivity index (χ4v) is 3.45. The van der Waals surface area contributed by atoms with E-state index in [0.717, 1.165) is 6.42 Å². The third-order valence-electron chi connectivity index (χ3n) is 3.85. The SMILES string of the molecule is C[C@@H]1CCCC[C@@H]1NC(=S)Nc1cccc(S(N)(=O)=O)c1. The van der Waals surface area contributed by atoms with Crippen LogP contribution in [0.1, 0.15) is 32.6 Å². The summed E-state index contributed by atoms with van der Waals surface area (Å²) in [7, 11) is -3.70. The average molecular weight is 327 g/mol. The normalized spacial score (nSPS) is 22.6. The van der Waals surface area contributed by atoms with Crippen molar-refractivity contribution in [3.63, 3.8) is 0 Å². The number of sulfonamides is 1. The van der Waals surface area contributed by atoms with Crippen LogP contribution in [0.5, 0.6) is 0 Å². The molecule has 0 unspecified atom stereocenters. The van der Waals surface area contributed by atoms with Crippen molar-refractivity contribution in [1.29, 1.82) is 0 Å². The maximum Gasteiger partial charge on any atom is 0.238 e. The van der Waals surface area contributed by atoms with Crippen molar-refractivity contribution in [2.45, 2.75) is 43.5 Å². The summed E-state index contributed by atoms with van der Waals surface area (Å²) >= 11 is 5.30. The number of thiocarbonyl (C=S) groups is 1. The maximum atomic E-state index is 11.3. The summed E-state index contributed by atoms with van der Waals surface area (Å²) in [5.41, 5.74) is 0.613. The third-order valence-corrected chi connectivity index (χ3v) is 4.98. The van der Waals surface area contributed by atoms with E-state index in [1.54, 1.807) is 12.1 Å². The first-order valence-electron chi connectivity index (χ1n) is 7.06. The van der Waals surface area contributed by atoms with Crippen LogP contribution in [0.2, 0.25) is 0 Å². The van der Waals surface area contributed by atoms with Gasteiger partial charge in [-0.1, -0.05) is 25.8 Å². The van der Waals surface area contributed by atoms with E-state index in [0.29, 0.717) is 22.8 Å². The molecule has 2 atom stereocenters. The van der Waals surface area contributed by atoms with Crippen molar-refractivity contribution in [2.75, 3.05) is 5.32 Å². The molecule has 0 bridgehead atoms. The zero-order valence-electron chi connectivity index (χ0n) is 12.0. The van der Waals surface area contributed by atoms with E-state index < -0.39 is 10.0 Å². The van der Waals surface area contributed by atoms with Crippen LogP contribution in [-0.2, 0) is 10.0 Å². The zero-order chi connectivity index (χ0) is 15.5. The third kappa shape index (κ3) is 4.66. The fraction of sp³-hybridized carbons (Fsp3) is 0.500. The molecule has 1 aromatic carbocycles. The number of nitrogens with one attached hydrogen (secondary N) is 2. The second-order valence-corrected chi connectivity index (χ2v) is 7.51. The van der Waals surface area contributed by atoms with Gasteiger partial charge in [0.1, 0.15) is 0 Å². The number of hydrogen-bond acceptors (Lipinski definition) is 3. The van der Waals surface area contributed by atoms with Crippen LogP contribution >= 0.6 is 12.2 Å². The van der Waals surface area contributed by atoms with Gasteiger partial charge < -0.3 is 10.6 Å². The molecule has 0 heterocycles. The summed E-state index contributed by atoms with van der Waals surface area (Å²) in [5.74, 6) is 0.592. The summed E-state index contributed by atoms with van der Waals surface area (Å²) in [4.78, 5) is 0.0707. The standard InChI is InChI=1S/C14H21N3O2S2/c1-10-5-2-3-8-13(10)17-14(20)16-11-6-4-7-12(9-11)21(15,18)19/h4,6-7,9-10,13H,2-3,5,8H2,1H3,(H2,15,18,19)(H2,16,17,20)/t10-,13+/m1/s1. The monoisotopic (exact) mass is 327 g/mol. The minimum Gasteiger partial charge on any atom is -0.359 e. The van der Waals surface area contributed by atoms with Gasteiger partial charge >= 0.3 is 0 Å². The summed E-state index contributed by atoms with van der Waals surface area (Å²) in [6.07, 6.45) is 4.81. The Balaban J connectivity index is 1.99. The van der Waals surface area contributed by atoms with Crippen molar-refractivity contribution in [3.8, 4) is 0 Å². The smallest absolute Gasteiger partial charge is 0.238 e. The van der Waals surface area contributed by atoms with E-state index in [2.05, 4.69) is 17.6 Å². The molecule has 2 rings (SSSR count). The Labute approximate surface area is 131 Å². The Kier molecular flexibility index (Phi) is 5.18. The quantitative estimate of drug-likeness (QED) is 0.741. The Hall–Kier alpha value is -1.18. The average Bonchev–Trinajstić information content (AvgIpc) is 2.41.